The van der Waals surface area contributed by atoms with Gasteiger partial charge >= 0.3 is 5.97 Å². The third-order valence-electron chi connectivity index (χ3n) is 3.10. The number of methoxy groups -OCH3 is 1. The van der Waals surface area contributed by atoms with E-state index in [0.717, 1.165) is 16.8 Å². The van der Waals surface area contributed by atoms with E-state index in [9.17, 15) is 9.59 Å². The first-order valence-electron chi connectivity index (χ1n) is 6.18. The first kappa shape index (κ1) is 13.3. The molecule has 100 valence electrons. The molecule has 0 aliphatic carbocycles. The number of para-hydroxylation sites is 1. The average molecular weight is 259 g/mol. The lowest BCUT2D eigenvalue weighted by molar-refractivity contribution is -0.143. The Morgan fingerprint density at radius 1 is 1.32 bits per heavy atom. The van der Waals surface area contributed by atoms with Crippen molar-refractivity contribution in [3.05, 3.63) is 41.5 Å². The summed E-state index contributed by atoms with van der Waals surface area (Å²) in [6.07, 6.45) is 2.04. The van der Waals surface area contributed by atoms with Crippen LogP contribution in [0.15, 0.2) is 35.9 Å². The largest absolute Gasteiger partial charge is 0.467 e. The van der Waals surface area contributed by atoms with Crippen molar-refractivity contribution in [2.45, 2.75) is 26.3 Å². The van der Waals surface area contributed by atoms with E-state index in [4.69, 9.17) is 4.74 Å². The molecule has 0 saturated carbocycles. The van der Waals surface area contributed by atoms with Crippen LogP contribution in [0, 0.1) is 0 Å². The minimum absolute atomic E-state index is 0.180. The fraction of sp³-hybridized carbons (Fsp3) is 0.333. The number of nitrogens with zero attached hydrogens (tertiary/aromatic N) is 1. The molecular weight excluding hydrogens is 242 g/mol. The van der Waals surface area contributed by atoms with Gasteiger partial charge in [-0.25, -0.2) is 4.79 Å². The van der Waals surface area contributed by atoms with Crippen LogP contribution in [0.5, 0.6) is 0 Å². The van der Waals surface area contributed by atoms with Gasteiger partial charge in [-0.3, -0.25) is 9.69 Å². The Morgan fingerprint density at radius 3 is 2.63 bits per heavy atom. The first-order valence-corrected chi connectivity index (χ1v) is 6.18. The predicted molar refractivity (Wildman–Crippen MR) is 72.9 cm³/mol. The number of allylic oxidation sites excluding steroid dienone is 1. The van der Waals surface area contributed by atoms with Crippen molar-refractivity contribution in [2.24, 2.45) is 0 Å². The maximum Gasteiger partial charge on any atom is 0.329 e. The lowest BCUT2D eigenvalue weighted by Crippen LogP contribution is -2.42. The lowest BCUT2D eigenvalue weighted by Gasteiger charge is -2.22. The average Bonchev–Trinajstić information content (AvgIpc) is 2.76. The minimum Gasteiger partial charge on any atom is -0.467 e. The second-order valence-electron chi connectivity index (χ2n) is 4.80. The van der Waals surface area contributed by atoms with Gasteiger partial charge in [-0.05, 0) is 25.5 Å². The van der Waals surface area contributed by atoms with E-state index in [2.05, 4.69) is 0 Å². The summed E-state index contributed by atoms with van der Waals surface area (Å²) in [4.78, 5) is 25.7. The Morgan fingerprint density at radius 2 is 2.00 bits per heavy atom. The fourth-order valence-corrected chi connectivity index (χ4v) is 2.30. The molecule has 1 aliphatic rings. The van der Waals surface area contributed by atoms with Gasteiger partial charge in [-0.1, -0.05) is 23.8 Å². The van der Waals surface area contributed by atoms with Crippen LogP contribution in [0.4, 0.5) is 5.69 Å². The van der Waals surface area contributed by atoms with Crippen molar-refractivity contribution in [1.29, 1.82) is 0 Å². The maximum atomic E-state index is 12.3. The van der Waals surface area contributed by atoms with Gasteiger partial charge in [-0.15, -0.1) is 0 Å². The third-order valence-corrected chi connectivity index (χ3v) is 3.10. The summed E-state index contributed by atoms with van der Waals surface area (Å²) in [5.41, 5.74) is 2.69. The second kappa shape index (κ2) is 5.26. The third kappa shape index (κ3) is 2.52. The lowest BCUT2D eigenvalue weighted by atomic mass is 10.1. The molecule has 1 aromatic carbocycles. The van der Waals surface area contributed by atoms with Crippen molar-refractivity contribution < 1.29 is 14.3 Å². The second-order valence-corrected chi connectivity index (χ2v) is 4.80. The molecule has 4 heteroatoms. The smallest absolute Gasteiger partial charge is 0.329 e. The number of hydrogen-bond acceptors (Lipinski definition) is 3. The summed E-state index contributed by atoms with van der Waals surface area (Å²) in [5.74, 6) is -0.563. The number of ether oxygens (including phenoxy) is 1. The molecule has 4 nitrogen and oxygen atoms in total. The highest BCUT2D eigenvalue weighted by Crippen LogP contribution is 2.32. The molecule has 0 bridgehead atoms. The zero-order valence-electron chi connectivity index (χ0n) is 11.3. The van der Waals surface area contributed by atoms with Gasteiger partial charge in [0.05, 0.1) is 7.11 Å². The van der Waals surface area contributed by atoms with E-state index in [1.165, 1.54) is 18.1 Å². The van der Waals surface area contributed by atoms with Crippen LogP contribution in [-0.4, -0.2) is 25.0 Å². The van der Waals surface area contributed by atoms with Crippen molar-refractivity contribution >= 4 is 17.6 Å². The molecule has 1 atom stereocenters. The molecule has 1 aliphatic heterocycles. The molecule has 0 fully saturated rings. The number of carbonyl (C=O) groups excluding carboxylic acids is 2. The zero-order valence-corrected chi connectivity index (χ0v) is 11.3. The molecule has 2 rings (SSSR count). The minimum atomic E-state index is -0.564. The monoisotopic (exact) mass is 259 g/mol. The molecule has 1 amide bonds. The molecule has 1 heterocycles. The Balaban J connectivity index is 2.42. The maximum absolute atomic E-state index is 12.3. The standard InChI is InChI=1S/C15H17NO3/c1-10(2)8-14(17)16-12-7-5-4-6-11(12)9-13(16)15(18)19-3/h4-8,13H,9H2,1-3H3. The molecule has 1 unspecified atom stereocenters. The van der Waals surface area contributed by atoms with Crippen LogP contribution in [-0.2, 0) is 20.7 Å². The number of hydrogen-bond donors (Lipinski definition) is 0. The SMILES string of the molecule is COC(=O)C1Cc2ccccc2N1C(=O)C=C(C)C. The molecule has 0 N–H and O–H groups in total. The van der Waals surface area contributed by atoms with Gasteiger partial charge in [0.2, 0.25) is 0 Å². The van der Waals surface area contributed by atoms with Crippen LogP contribution in [0.3, 0.4) is 0 Å². The van der Waals surface area contributed by atoms with Gasteiger partial charge < -0.3 is 4.74 Å². The Hall–Kier alpha value is -2.10. The van der Waals surface area contributed by atoms with Crippen molar-refractivity contribution in [2.75, 3.05) is 12.0 Å². The highest BCUT2D eigenvalue weighted by Gasteiger charge is 2.38. The summed E-state index contributed by atoms with van der Waals surface area (Å²) in [6.45, 7) is 3.71. The van der Waals surface area contributed by atoms with Crippen LogP contribution in [0.2, 0.25) is 0 Å². The highest BCUT2D eigenvalue weighted by atomic mass is 16.5. The van der Waals surface area contributed by atoms with Gasteiger partial charge in [0, 0.05) is 18.2 Å². The van der Waals surface area contributed by atoms with E-state index < -0.39 is 6.04 Å². The van der Waals surface area contributed by atoms with Gasteiger partial charge in [0.25, 0.3) is 5.91 Å². The summed E-state index contributed by atoms with van der Waals surface area (Å²) in [7, 11) is 1.34. The van der Waals surface area contributed by atoms with E-state index >= 15 is 0 Å². The van der Waals surface area contributed by atoms with E-state index in [0.29, 0.717) is 6.42 Å². The quantitative estimate of drug-likeness (QED) is 0.603. The Bertz CT molecular complexity index is 544. The van der Waals surface area contributed by atoms with Crippen molar-refractivity contribution in [3.8, 4) is 0 Å². The molecule has 0 radical (unpaired) electrons. The van der Waals surface area contributed by atoms with Gasteiger partial charge in [0.1, 0.15) is 6.04 Å². The first-order chi connectivity index (χ1) is 9.04. The number of esters is 1. The molecule has 19 heavy (non-hydrogen) atoms. The summed E-state index contributed by atoms with van der Waals surface area (Å²) >= 11 is 0. The van der Waals surface area contributed by atoms with Gasteiger partial charge in [0.15, 0.2) is 0 Å². The van der Waals surface area contributed by atoms with Crippen LogP contribution in [0.25, 0.3) is 0 Å². The fourth-order valence-electron chi connectivity index (χ4n) is 2.30. The van der Waals surface area contributed by atoms with Crippen molar-refractivity contribution in [1.82, 2.24) is 0 Å². The Kier molecular flexibility index (Phi) is 3.69. The Labute approximate surface area is 112 Å². The number of fused-ring (bicyclic) bond motifs is 1. The normalized spacial score (nSPS) is 16.8. The number of anilines is 1. The molecular formula is C15H17NO3. The topological polar surface area (TPSA) is 46.6 Å². The molecule has 0 saturated heterocycles. The van der Waals surface area contributed by atoms with Crippen LogP contribution >= 0.6 is 0 Å². The highest BCUT2D eigenvalue weighted by molar-refractivity contribution is 6.07. The van der Waals surface area contributed by atoms with E-state index in [-0.39, 0.29) is 11.9 Å². The molecule has 0 spiro atoms. The van der Waals surface area contributed by atoms with E-state index in [1.807, 2.05) is 38.1 Å². The summed E-state index contributed by atoms with van der Waals surface area (Å²) in [6, 6.07) is 6.99. The number of carbonyl (C=O) groups is 2. The molecule has 0 aromatic heterocycles. The van der Waals surface area contributed by atoms with Crippen LogP contribution in [0.1, 0.15) is 19.4 Å². The number of rotatable bonds is 2. The van der Waals surface area contributed by atoms with Crippen LogP contribution < -0.4 is 4.90 Å². The summed E-state index contributed by atoms with van der Waals surface area (Å²) < 4.78 is 4.80. The summed E-state index contributed by atoms with van der Waals surface area (Å²) in [5, 5.41) is 0. The van der Waals surface area contributed by atoms with E-state index in [1.54, 1.807) is 0 Å². The zero-order chi connectivity index (χ0) is 14.0. The number of amides is 1. The predicted octanol–water partition coefficient (Wildman–Crippen LogP) is 2.08. The van der Waals surface area contributed by atoms with Crippen molar-refractivity contribution in [3.63, 3.8) is 0 Å². The number of benzene rings is 1. The molecule has 1 aromatic rings. The van der Waals surface area contributed by atoms with Gasteiger partial charge in [-0.2, -0.15) is 0 Å².